The van der Waals surface area contributed by atoms with E-state index in [1.165, 1.54) is 0 Å². The van der Waals surface area contributed by atoms with Crippen LogP contribution in [-0.4, -0.2) is 32.8 Å². The Hall–Kier alpha value is -0.900. The standard InChI is InChI=1S/C8H16N4/c1-4-11(5-2)7-12-6-9-8(3)10-12/h6H,4-5,7H2,1-3H3. The van der Waals surface area contributed by atoms with E-state index < -0.39 is 0 Å². The van der Waals surface area contributed by atoms with E-state index in [9.17, 15) is 0 Å². The Bertz CT molecular complexity index is 227. The van der Waals surface area contributed by atoms with Crippen LogP contribution in [0.15, 0.2) is 6.33 Å². The van der Waals surface area contributed by atoms with Gasteiger partial charge in [-0.25, -0.2) is 9.67 Å². The molecule has 0 atom stereocenters. The van der Waals surface area contributed by atoms with Gasteiger partial charge in [-0.1, -0.05) is 13.8 Å². The van der Waals surface area contributed by atoms with Crippen molar-refractivity contribution in [2.24, 2.45) is 0 Å². The number of aromatic nitrogens is 3. The molecular formula is C8H16N4. The van der Waals surface area contributed by atoms with Gasteiger partial charge in [0.05, 0.1) is 6.67 Å². The van der Waals surface area contributed by atoms with Crippen LogP contribution in [0.1, 0.15) is 19.7 Å². The fraction of sp³-hybridized carbons (Fsp3) is 0.750. The zero-order valence-corrected chi connectivity index (χ0v) is 7.99. The van der Waals surface area contributed by atoms with Crippen molar-refractivity contribution in [1.29, 1.82) is 0 Å². The second kappa shape index (κ2) is 4.21. The predicted molar refractivity (Wildman–Crippen MR) is 47.7 cm³/mol. The van der Waals surface area contributed by atoms with Crippen molar-refractivity contribution in [1.82, 2.24) is 19.7 Å². The molecule has 0 aliphatic heterocycles. The molecule has 0 unspecified atom stereocenters. The Kier molecular flexibility index (Phi) is 3.22. The molecule has 0 aliphatic carbocycles. The van der Waals surface area contributed by atoms with Crippen molar-refractivity contribution in [2.45, 2.75) is 27.4 Å². The van der Waals surface area contributed by atoms with Gasteiger partial charge < -0.3 is 0 Å². The maximum atomic E-state index is 4.21. The molecule has 0 aromatic carbocycles. The zero-order chi connectivity index (χ0) is 8.97. The van der Waals surface area contributed by atoms with Crippen LogP contribution in [0.2, 0.25) is 0 Å². The van der Waals surface area contributed by atoms with E-state index in [-0.39, 0.29) is 0 Å². The van der Waals surface area contributed by atoms with Crippen LogP contribution in [-0.2, 0) is 6.67 Å². The highest BCUT2D eigenvalue weighted by atomic mass is 15.4. The molecule has 1 heterocycles. The lowest BCUT2D eigenvalue weighted by Crippen LogP contribution is -2.26. The molecule has 1 aromatic heterocycles. The third-order valence-corrected chi connectivity index (χ3v) is 1.89. The molecule has 4 heteroatoms. The molecule has 0 fully saturated rings. The van der Waals surface area contributed by atoms with Crippen molar-refractivity contribution < 1.29 is 0 Å². The average molecular weight is 168 g/mol. The molecule has 4 nitrogen and oxygen atoms in total. The maximum Gasteiger partial charge on any atom is 0.147 e. The van der Waals surface area contributed by atoms with Crippen molar-refractivity contribution in [3.63, 3.8) is 0 Å². The quantitative estimate of drug-likeness (QED) is 0.669. The topological polar surface area (TPSA) is 34.0 Å². The fourth-order valence-electron chi connectivity index (χ4n) is 1.08. The number of rotatable bonds is 4. The fourth-order valence-corrected chi connectivity index (χ4v) is 1.08. The number of aryl methyl sites for hydroxylation is 1. The van der Waals surface area contributed by atoms with Crippen molar-refractivity contribution >= 4 is 0 Å². The van der Waals surface area contributed by atoms with Gasteiger partial charge in [0.15, 0.2) is 0 Å². The summed E-state index contributed by atoms with van der Waals surface area (Å²) < 4.78 is 1.86. The summed E-state index contributed by atoms with van der Waals surface area (Å²) in [7, 11) is 0. The molecule has 0 saturated heterocycles. The largest absolute Gasteiger partial charge is 0.285 e. The third-order valence-electron chi connectivity index (χ3n) is 1.89. The van der Waals surface area contributed by atoms with Gasteiger partial charge in [0.25, 0.3) is 0 Å². The Morgan fingerprint density at radius 3 is 2.50 bits per heavy atom. The maximum absolute atomic E-state index is 4.21. The van der Waals surface area contributed by atoms with E-state index in [1.54, 1.807) is 6.33 Å². The molecule has 68 valence electrons. The average Bonchev–Trinajstić information content (AvgIpc) is 2.47. The van der Waals surface area contributed by atoms with Crippen molar-refractivity contribution in [2.75, 3.05) is 13.1 Å². The lowest BCUT2D eigenvalue weighted by Gasteiger charge is -2.16. The summed E-state index contributed by atoms with van der Waals surface area (Å²) in [5.41, 5.74) is 0. The molecule has 0 radical (unpaired) electrons. The summed E-state index contributed by atoms with van der Waals surface area (Å²) in [6.45, 7) is 9.14. The summed E-state index contributed by atoms with van der Waals surface area (Å²) in [6, 6.07) is 0. The van der Waals surface area contributed by atoms with Crippen molar-refractivity contribution in [3.8, 4) is 0 Å². The first kappa shape index (κ1) is 9.19. The highest BCUT2D eigenvalue weighted by molar-refractivity contribution is 4.74. The van der Waals surface area contributed by atoms with Crippen LogP contribution < -0.4 is 0 Å². The van der Waals surface area contributed by atoms with Crippen LogP contribution in [0, 0.1) is 6.92 Å². The van der Waals surface area contributed by atoms with Crippen LogP contribution >= 0.6 is 0 Å². The molecule has 1 aromatic rings. The SMILES string of the molecule is CCN(CC)Cn1cnc(C)n1. The first-order valence-electron chi connectivity index (χ1n) is 4.34. The third kappa shape index (κ3) is 2.30. The summed E-state index contributed by atoms with van der Waals surface area (Å²) >= 11 is 0. The molecule has 0 spiro atoms. The minimum Gasteiger partial charge on any atom is -0.285 e. The lowest BCUT2D eigenvalue weighted by molar-refractivity contribution is 0.228. The summed E-state index contributed by atoms with van der Waals surface area (Å²) in [6.07, 6.45) is 1.77. The molecule has 1 rings (SSSR count). The van der Waals surface area contributed by atoms with E-state index in [0.29, 0.717) is 0 Å². The van der Waals surface area contributed by atoms with E-state index in [4.69, 9.17) is 0 Å². The zero-order valence-electron chi connectivity index (χ0n) is 7.99. The van der Waals surface area contributed by atoms with Crippen LogP contribution in [0.25, 0.3) is 0 Å². The van der Waals surface area contributed by atoms with Gasteiger partial charge >= 0.3 is 0 Å². The summed E-state index contributed by atoms with van der Waals surface area (Å²) in [5.74, 6) is 0.835. The monoisotopic (exact) mass is 168 g/mol. The first-order valence-corrected chi connectivity index (χ1v) is 4.34. The van der Waals surface area contributed by atoms with Crippen LogP contribution in [0.5, 0.6) is 0 Å². The van der Waals surface area contributed by atoms with E-state index in [1.807, 2.05) is 11.6 Å². The molecule has 0 saturated carbocycles. The predicted octanol–water partition coefficient (Wildman–Crippen LogP) is 0.886. The van der Waals surface area contributed by atoms with Gasteiger partial charge in [0, 0.05) is 0 Å². The molecule has 12 heavy (non-hydrogen) atoms. The van der Waals surface area contributed by atoms with E-state index in [2.05, 4.69) is 28.8 Å². The van der Waals surface area contributed by atoms with Gasteiger partial charge in [-0.05, 0) is 20.0 Å². The first-order chi connectivity index (χ1) is 5.76. The van der Waals surface area contributed by atoms with E-state index >= 15 is 0 Å². The minimum atomic E-state index is 0.835. The van der Waals surface area contributed by atoms with Crippen LogP contribution in [0.4, 0.5) is 0 Å². The highest BCUT2D eigenvalue weighted by Gasteiger charge is 2.00. The normalized spacial score (nSPS) is 11.0. The van der Waals surface area contributed by atoms with E-state index in [0.717, 1.165) is 25.6 Å². The Morgan fingerprint density at radius 1 is 1.42 bits per heavy atom. The van der Waals surface area contributed by atoms with Gasteiger partial charge in [0.2, 0.25) is 0 Å². The smallest absolute Gasteiger partial charge is 0.147 e. The van der Waals surface area contributed by atoms with Crippen LogP contribution in [0.3, 0.4) is 0 Å². The molecule has 0 amide bonds. The van der Waals surface area contributed by atoms with Gasteiger partial charge in [-0.2, -0.15) is 5.10 Å². The minimum absolute atomic E-state index is 0.835. The molecule has 0 bridgehead atoms. The van der Waals surface area contributed by atoms with Crippen molar-refractivity contribution in [3.05, 3.63) is 12.2 Å². The Balaban J connectivity index is 2.50. The molecule has 0 N–H and O–H groups in total. The molecule has 0 aliphatic rings. The number of hydrogen-bond donors (Lipinski definition) is 0. The summed E-state index contributed by atoms with van der Waals surface area (Å²) in [4.78, 5) is 6.35. The van der Waals surface area contributed by atoms with Gasteiger partial charge in [-0.3, -0.25) is 4.90 Å². The number of nitrogens with zero attached hydrogens (tertiary/aromatic N) is 4. The van der Waals surface area contributed by atoms with Gasteiger partial charge in [0.1, 0.15) is 12.2 Å². The Morgan fingerprint density at radius 2 is 2.08 bits per heavy atom. The second-order valence-electron chi connectivity index (χ2n) is 2.78. The Labute approximate surface area is 73.2 Å². The second-order valence-corrected chi connectivity index (χ2v) is 2.78. The number of hydrogen-bond acceptors (Lipinski definition) is 3. The lowest BCUT2D eigenvalue weighted by atomic mass is 10.5. The van der Waals surface area contributed by atoms with Gasteiger partial charge in [-0.15, -0.1) is 0 Å². The summed E-state index contributed by atoms with van der Waals surface area (Å²) in [5, 5.41) is 4.21. The molecular weight excluding hydrogens is 152 g/mol. The highest BCUT2D eigenvalue weighted by Crippen LogP contribution is 1.92.